The van der Waals surface area contributed by atoms with Crippen LogP contribution in [-0.4, -0.2) is 11.1 Å². The molecule has 0 radical (unpaired) electrons. The van der Waals surface area contributed by atoms with Crippen LogP contribution in [0.3, 0.4) is 0 Å². The zero-order valence-corrected chi connectivity index (χ0v) is 13.9. The summed E-state index contributed by atoms with van der Waals surface area (Å²) in [6.45, 7) is 5.26. The van der Waals surface area contributed by atoms with Crippen molar-refractivity contribution < 1.29 is 5.11 Å². The molecule has 1 aromatic carbocycles. The molecule has 0 saturated carbocycles. The number of aromatic hydroxyl groups is 1. The minimum absolute atomic E-state index is 0.393. The lowest BCUT2D eigenvalue weighted by atomic mass is 10.0. The maximum atomic E-state index is 9.72. The van der Waals surface area contributed by atoms with Crippen molar-refractivity contribution in [2.45, 2.75) is 84.2 Å². The molecule has 1 unspecified atom stereocenters. The van der Waals surface area contributed by atoms with Gasteiger partial charge in [0.15, 0.2) is 0 Å². The summed E-state index contributed by atoms with van der Waals surface area (Å²) in [6, 6.07) is 8.08. The highest BCUT2D eigenvalue weighted by molar-refractivity contribution is 5.31. The minimum atomic E-state index is 0.393. The van der Waals surface area contributed by atoms with Gasteiger partial charge in [0.05, 0.1) is 0 Å². The van der Waals surface area contributed by atoms with Gasteiger partial charge in [0.2, 0.25) is 0 Å². The van der Waals surface area contributed by atoms with Crippen LogP contribution >= 0.6 is 0 Å². The molecule has 0 spiro atoms. The number of benzene rings is 1. The molecule has 120 valence electrons. The second kappa shape index (κ2) is 11.6. The van der Waals surface area contributed by atoms with Crippen LogP contribution in [-0.2, 0) is 6.54 Å². The van der Waals surface area contributed by atoms with E-state index in [0.29, 0.717) is 11.8 Å². The Morgan fingerprint density at radius 3 is 2.24 bits per heavy atom. The molecule has 2 heteroatoms. The molecular formula is C19H33NO. The monoisotopic (exact) mass is 291 g/mol. The van der Waals surface area contributed by atoms with Crippen LogP contribution in [0.2, 0.25) is 0 Å². The first-order valence-electron chi connectivity index (χ1n) is 8.74. The number of nitrogens with one attached hydrogen (secondary N) is 1. The van der Waals surface area contributed by atoms with E-state index in [1.54, 1.807) is 6.07 Å². The molecule has 21 heavy (non-hydrogen) atoms. The molecule has 0 aromatic heterocycles. The van der Waals surface area contributed by atoms with E-state index >= 15 is 0 Å². The van der Waals surface area contributed by atoms with Crippen LogP contribution in [0.15, 0.2) is 24.3 Å². The molecule has 1 rings (SSSR count). The lowest BCUT2D eigenvalue weighted by Crippen LogP contribution is -2.25. The highest BCUT2D eigenvalue weighted by Crippen LogP contribution is 2.16. The van der Waals surface area contributed by atoms with Gasteiger partial charge >= 0.3 is 0 Å². The van der Waals surface area contributed by atoms with Gasteiger partial charge in [0.25, 0.3) is 0 Å². The van der Waals surface area contributed by atoms with Crippen molar-refractivity contribution in [3.8, 4) is 5.75 Å². The summed E-state index contributed by atoms with van der Waals surface area (Å²) in [7, 11) is 0. The van der Waals surface area contributed by atoms with E-state index in [1.807, 2.05) is 18.2 Å². The number of rotatable bonds is 12. The maximum absolute atomic E-state index is 9.72. The van der Waals surface area contributed by atoms with E-state index in [-0.39, 0.29) is 0 Å². The van der Waals surface area contributed by atoms with Gasteiger partial charge in [-0.25, -0.2) is 0 Å². The molecule has 2 nitrogen and oxygen atoms in total. The molecule has 0 bridgehead atoms. The summed E-state index contributed by atoms with van der Waals surface area (Å²) >= 11 is 0. The van der Waals surface area contributed by atoms with Gasteiger partial charge in [-0.05, 0) is 19.4 Å². The highest BCUT2D eigenvalue weighted by Gasteiger charge is 2.04. The van der Waals surface area contributed by atoms with Crippen LogP contribution < -0.4 is 5.32 Å². The number of para-hydroxylation sites is 1. The Morgan fingerprint density at radius 1 is 0.952 bits per heavy atom. The molecule has 0 heterocycles. The molecule has 0 aliphatic heterocycles. The van der Waals surface area contributed by atoms with Gasteiger partial charge in [0.1, 0.15) is 5.75 Å². The van der Waals surface area contributed by atoms with Gasteiger partial charge in [-0.2, -0.15) is 0 Å². The largest absolute Gasteiger partial charge is 0.508 e. The Labute approximate surface area is 131 Å². The third-order valence-corrected chi connectivity index (χ3v) is 4.12. The van der Waals surface area contributed by atoms with Crippen LogP contribution in [0.1, 0.15) is 77.2 Å². The zero-order valence-electron chi connectivity index (χ0n) is 13.9. The summed E-state index contributed by atoms with van der Waals surface area (Å²) in [5.74, 6) is 0.393. The zero-order chi connectivity index (χ0) is 15.3. The molecule has 0 aliphatic rings. The van der Waals surface area contributed by atoms with E-state index < -0.39 is 0 Å². The predicted octanol–water partition coefficient (Wildman–Crippen LogP) is 5.40. The Morgan fingerprint density at radius 2 is 1.57 bits per heavy atom. The van der Waals surface area contributed by atoms with Crippen LogP contribution in [0, 0.1) is 0 Å². The highest BCUT2D eigenvalue weighted by atomic mass is 16.3. The first-order chi connectivity index (χ1) is 10.2. The van der Waals surface area contributed by atoms with Crippen molar-refractivity contribution in [3.63, 3.8) is 0 Å². The lowest BCUT2D eigenvalue weighted by Gasteiger charge is -2.14. The summed E-state index contributed by atoms with van der Waals surface area (Å²) in [5, 5.41) is 13.2. The second-order valence-corrected chi connectivity index (χ2v) is 6.17. The van der Waals surface area contributed by atoms with Gasteiger partial charge in [0, 0.05) is 18.2 Å². The average molecular weight is 291 g/mol. The smallest absolute Gasteiger partial charge is 0.120 e. The SMILES string of the molecule is CCCCCCCCCCC(C)NCc1ccccc1O. The van der Waals surface area contributed by atoms with E-state index in [9.17, 15) is 5.11 Å². The Balaban J connectivity index is 1.99. The molecule has 0 amide bonds. The molecule has 0 aliphatic carbocycles. The minimum Gasteiger partial charge on any atom is -0.508 e. The third kappa shape index (κ3) is 8.77. The topological polar surface area (TPSA) is 32.3 Å². The Kier molecular flexibility index (Phi) is 9.98. The van der Waals surface area contributed by atoms with Crippen molar-refractivity contribution >= 4 is 0 Å². The normalized spacial score (nSPS) is 12.5. The van der Waals surface area contributed by atoms with Gasteiger partial charge in [-0.1, -0.05) is 76.5 Å². The van der Waals surface area contributed by atoms with Crippen LogP contribution in [0.5, 0.6) is 5.75 Å². The van der Waals surface area contributed by atoms with Crippen molar-refractivity contribution in [1.82, 2.24) is 5.32 Å². The number of phenols is 1. The van der Waals surface area contributed by atoms with E-state index in [2.05, 4.69) is 19.2 Å². The summed E-state index contributed by atoms with van der Waals surface area (Å²) in [6.07, 6.45) is 12.2. The number of phenolic OH excluding ortho intramolecular Hbond substituents is 1. The number of unbranched alkanes of at least 4 members (excludes halogenated alkanes) is 7. The van der Waals surface area contributed by atoms with Crippen LogP contribution in [0.25, 0.3) is 0 Å². The van der Waals surface area contributed by atoms with Crippen molar-refractivity contribution in [2.24, 2.45) is 0 Å². The number of hydrogen-bond donors (Lipinski definition) is 2. The van der Waals surface area contributed by atoms with E-state index in [4.69, 9.17) is 0 Å². The fraction of sp³-hybridized carbons (Fsp3) is 0.684. The fourth-order valence-corrected chi connectivity index (χ4v) is 2.63. The average Bonchev–Trinajstić information content (AvgIpc) is 2.49. The molecule has 1 aromatic rings. The summed E-state index contributed by atoms with van der Waals surface area (Å²) in [5.41, 5.74) is 0.986. The van der Waals surface area contributed by atoms with Crippen molar-refractivity contribution in [2.75, 3.05) is 0 Å². The Bertz CT molecular complexity index is 364. The van der Waals surface area contributed by atoms with Gasteiger partial charge in [-0.15, -0.1) is 0 Å². The van der Waals surface area contributed by atoms with Gasteiger partial charge in [-0.3, -0.25) is 0 Å². The van der Waals surface area contributed by atoms with Crippen LogP contribution in [0.4, 0.5) is 0 Å². The summed E-state index contributed by atoms with van der Waals surface area (Å²) in [4.78, 5) is 0. The molecular weight excluding hydrogens is 258 g/mol. The molecule has 1 atom stereocenters. The number of hydrogen-bond acceptors (Lipinski definition) is 2. The van der Waals surface area contributed by atoms with Crippen molar-refractivity contribution in [1.29, 1.82) is 0 Å². The van der Waals surface area contributed by atoms with Gasteiger partial charge < -0.3 is 10.4 Å². The predicted molar refractivity (Wildman–Crippen MR) is 91.6 cm³/mol. The van der Waals surface area contributed by atoms with E-state index in [1.165, 1.54) is 57.8 Å². The molecule has 0 saturated heterocycles. The first kappa shape index (κ1) is 18.0. The third-order valence-electron chi connectivity index (χ3n) is 4.12. The quantitative estimate of drug-likeness (QED) is 0.505. The Hall–Kier alpha value is -1.02. The molecule has 2 N–H and O–H groups in total. The van der Waals surface area contributed by atoms with Crippen molar-refractivity contribution in [3.05, 3.63) is 29.8 Å². The fourth-order valence-electron chi connectivity index (χ4n) is 2.63. The lowest BCUT2D eigenvalue weighted by molar-refractivity contribution is 0.448. The standard InChI is InChI=1S/C19H33NO/c1-3-4-5-6-7-8-9-10-13-17(2)20-16-18-14-11-12-15-19(18)21/h11-12,14-15,17,20-21H,3-10,13,16H2,1-2H3. The van der Waals surface area contributed by atoms with E-state index in [0.717, 1.165) is 12.1 Å². The summed E-state index contributed by atoms with van der Waals surface area (Å²) < 4.78 is 0. The maximum Gasteiger partial charge on any atom is 0.120 e. The molecule has 0 fully saturated rings. The first-order valence-corrected chi connectivity index (χ1v) is 8.74. The second-order valence-electron chi connectivity index (χ2n) is 6.17.